The zero-order valence-corrected chi connectivity index (χ0v) is 19.7. The zero-order valence-electron chi connectivity index (χ0n) is 19.7. The summed E-state index contributed by atoms with van der Waals surface area (Å²) in [6.45, 7) is 4.42. The van der Waals surface area contributed by atoms with Gasteiger partial charge in [0.2, 0.25) is 0 Å². The fourth-order valence-electron chi connectivity index (χ4n) is 4.47. The summed E-state index contributed by atoms with van der Waals surface area (Å²) in [4.78, 5) is 0. The minimum Gasteiger partial charge on any atom is -0.486 e. The van der Waals surface area contributed by atoms with Gasteiger partial charge in [0.05, 0.1) is 11.1 Å². The SMILES string of the molecule is C=CCCc1ccc(COc2ccc3c(c2F)C(F)(F)C(F)(F)c2c-3ccc(CCC)c2F)c(F)c1F. The van der Waals surface area contributed by atoms with E-state index in [1.807, 2.05) is 0 Å². The van der Waals surface area contributed by atoms with Crippen LogP contribution in [0.5, 0.6) is 5.75 Å². The number of aryl methyl sites for hydroxylation is 2. The number of benzene rings is 3. The Labute approximate surface area is 208 Å². The van der Waals surface area contributed by atoms with Crippen molar-refractivity contribution >= 4 is 0 Å². The Morgan fingerprint density at radius 2 is 1.22 bits per heavy atom. The highest BCUT2D eigenvalue weighted by Crippen LogP contribution is 2.60. The molecule has 196 valence electrons. The number of halogens is 8. The molecule has 0 aliphatic heterocycles. The van der Waals surface area contributed by atoms with Crippen LogP contribution in [-0.4, -0.2) is 0 Å². The van der Waals surface area contributed by atoms with Gasteiger partial charge in [0, 0.05) is 5.56 Å². The Bertz CT molecular complexity index is 1360. The maximum Gasteiger partial charge on any atom is 0.343 e. The Hall–Kier alpha value is -3.36. The van der Waals surface area contributed by atoms with E-state index in [0.29, 0.717) is 12.8 Å². The topological polar surface area (TPSA) is 9.23 Å². The summed E-state index contributed by atoms with van der Waals surface area (Å²) in [6.07, 6.45) is 2.58. The lowest BCUT2D eigenvalue weighted by molar-refractivity contribution is -0.228. The molecule has 1 aliphatic carbocycles. The van der Waals surface area contributed by atoms with Gasteiger partial charge in [0.25, 0.3) is 0 Å². The quantitative estimate of drug-likeness (QED) is 0.211. The minimum absolute atomic E-state index is 0.0567. The van der Waals surface area contributed by atoms with Gasteiger partial charge in [-0.25, -0.2) is 17.6 Å². The number of alkyl halides is 4. The van der Waals surface area contributed by atoms with Crippen LogP contribution in [0.1, 0.15) is 47.6 Å². The average Bonchev–Trinajstić information content (AvgIpc) is 2.85. The Morgan fingerprint density at radius 3 is 1.84 bits per heavy atom. The lowest BCUT2D eigenvalue weighted by Gasteiger charge is -2.35. The minimum atomic E-state index is -5.12. The van der Waals surface area contributed by atoms with Gasteiger partial charge in [-0.1, -0.05) is 43.7 Å². The molecule has 3 aromatic carbocycles. The molecule has 0 aromatic heterocycles. The third-order valence-corrected chi connectivity index (χ3v) is 6.40. The van der Waals surface area contributed by atoms with Gasteiger partial charge in [-0.05, 0) is 53.6 Å². The second-order valence-corrected chi connectivity index (χ2v) is 8.79. The zero-order chi connectivity index (χ0) is 27.1. The first-order valence-corrected chi connectivity index (χ1v) is 11.6. The van der Waals surface area contributed by atoms with Crippen molar-refractivity contribution in [2.75, 3.05) is 0 Å². The van der Waals surface area contributed by atoms with Crippen molar-refractivity contribution in [3.05, 3.63) is 100 Å². The predicted octanol–water partition coefficient (Wildman–Crippen LogP) is 8.76. The Kier molecular flexibility index (Phi) is 7.10. The van der Waals surface area contributed by atoms with Crippen LogP contribution >= 0.6 is 0 Å². The summed E-state index contributed by atoms with van der Waals surface area (Å²) in [6, 6.07) is 6.60. The van der Waals surface area contributed by atoms with Crippen molar-refractivity contribution in [2.24, 2.45) is 0 Å². The standard InChI is InChI=1S/C28H22F8O/c1-3-5-7-16-8-9-17(25(31)24(16)30)14-37-20-13-12-19-18-11-10-15(6-4-2)23(29)21(18)27(33,34)28(35,36)22(19)26(20)32/h3,8-13H,1,4-7,14H2,2H3. The average molecular weight is 526 g/mol. The normalized spacial score (nSPS) is 15.2. The van der Waals surface area contributed by atoms with Crippen LogP contribution in [0.3, 0.4) is 0 Å². The van der Waals surface area contributed by atoms with Crippen LogP contribution in [0.4, 0.5) is 35.1 Å². The van der Waals surface area contributed by atoms with E-state index in [2.05, 4.69) is 6.58 Å². The van der Waals surface area contributed by atoms with E-state index in [1.54, 1.807) is 6.92 Å². The highest BCUT2D eigenvalue weighted by molar-refractivity contribution is 5.77. The van der Waals surface area contributed by atoms with Crippen molar-refractivity contribution in [1.29, 1.82) is 0 Å². The first-order valence-electron chi connectivity index (χ1n) is 11.6. The summed E-state index contributed by atoms with van der Waals surface area (Å²) >= 11 is 0. The van der Waals surface area contributed by atoms with Crippen molar-refractivity contribution in [1.82, 2.24) is 0 Å². The van der Waals surface area contributed by atoms with E-state index in [1.165, 1.54) is 24.3 Å². The molecular formula is C28H22F8O. The van der Waals surface area contributed by atoms with Crippen LogP contribution in [0.2, 0.25) is 0 Å². The number of fused-ring (bicyclic) bond motifs is 3. The third-order valence-electron chi connectivity index (χ3n) is 6.40. The van der Waals surface area contributed by atoms with E-state index in [4.69, 9.17) is 4.74 Å². The number of hydrogen-bond acceptors (Lipinski definition) is 1. The summed E-state index contributed by atoms with van der Waals surface area (Å²) in [5.41, 5.74) is -4.71. The largest absolute Gasteiger partial charge is 0.486 e. The molecule has 0 fully saturated rings. The van der Waals surface area contributed by atoms with Crippen LogP contribution in [0, 0.1) is 23.3 Å². The Balaban J connectivity index is 1.74. The first-order chi connectivity index (χ1) is 17.5. The summed E-state index contributed by atoms with van der Waals surface area (Å²) in [7, 11) is 0. The Morgan fingerprint density at radius 1 is 0.703 bits per heavy atom. The molecule has 0 unspecified atom stereocenters. The summed E-state index contributed by atoms with van der Waals surface area (Å²) < 4.78 is 124. The molecule has 1 aliphatic rings. The molecule has 0 atom stereocenters. The van der Waals surface area contributed by atoms with E-state index >= 15 is 22.0 Å². The maximum absolute atomic E-state index is 15.3. The molecule has 0 radical (unpaired) electrons. The first kappa shape index (κ1) is 26.7. The van der Waals surface area contributed by atoms with E-state index < -0.39 is 69.7 Å². The van der Waals surface area contributed by atoms with Crippen molar-refractivity contribution in [2.45, 2.75) is 51.1 Å². The lowest BCUT2D eigenvalue weighted by atomic mass is 9.79. The van der Waals surface area contributed by atoms with Crippen molar-refractivity contribution in [3.63, 3.8) is 0 Å². The van der Waals surface area contributed by atoms with Crippen molar-refractivity contribution in [3.8, 4) is 16.9 Å². The van der Waals surface area contributed by atoms with Gasteiger partial charge >= 0.3 is 11.8 Å². The van der Waals surface area contributed by atoms with Gasteiger partial charge in [-0.15, -0.1) is 6.58 Å². The van der Waals surface area contributed by atoms with E-state index in [0.717, 1.165) is 18.2 Å². The monoisotopic (exact) mass is 526 g/mol. The van der Waals surface area contributed by atoms with Crippen molar-refractivity contribution < 1.29 is 39.9 Å². The summed E-state index contributed by atoms with van der Waals surface area (Å²) in [5, 5.41) is 0. The second-order valence-electron chi connectivity index (χ2n) is 8.79. The fourth-order valence-corrected chi connectivity index (χ4v) is 4.47. The van der Waals surface area contributed by atoms with Gasteiger partial charge in [0.1, 0.15) is 12.4 Å². The smallest absolute Gasteiger partial charge is 0.343 e. The number of allylic oxidation sites excluding steroid dienone is 1. The molecule has 0 saturated heterocycles. The highest BCUT2D eigenvalue weighted by Gasteiger charge is 2.65. The van der Waals surface area contributed by atoms with Crippen LogP contribution in [0.25, 0.3) is 11.1 Å². The van der Waals surface area contributed by atoms with Gasteiger partial charge in [-0.3, -0.25) is 0 Å². The molecule has 9 heteroatoms. The summed E-state index contributed by atoms with van der Waals surface area (Å²) in [5.74, 6) is -16.7. The molecule has 37 heavy (non-hydrogen) atoms. The van der Waals surface area contributed by atoms with Gasteiger partial charge < -0.3 is 4.74 Å². The van der Waals surface area contributed by atoms with Gasteiger partial charge in [0.15, 0.2) is 23.2 Å². The molecule has 1 nitrogen and oxygen atoms in total. The number of hydrogen-bond donors (Lipinski definition) is 0. The molecule has 0 saturated carbocycles. The number of ether oxygens (including phenoxy) is 1. The molecule has 4 rings (SSSR count). The molecule has 0 spiro atoms. The molecule has 0 heterocycles. The van der Waals surface area contributed by atoms with E-state index in [-0.39, 0.29) is 29.5 Å². The van der Waals surface area contributed by atoms with Crippen LogP contribution in [-0.2, 0) is 31.3 Å². The second kappa shape index (κ2) is 9.84. The molecule has 0 bridgehead atoms. The van der Waals surface area contributed by atoms with Crippen LogP contribution < -0.4 is 4.74 Å². The predicted molar refractivity (Wildman–Crippen MR) is 123 cm³/mol. The third kappa shape index (κ3) is 4.28. The maximum atomic E-state index is 15.3. The molecule has 0 N–H and O–H groups in total. The molecule has 0 amide bonds. The molecular weight excluding hydrogens is 504 g/mol. The fraction of sp³-hybridized carbons (Fsp3) is 0.286. The molecule has 3 aromatic rings. The van der Waals surface area contributed by atoms with Gasteiger partial charge in [-0.2, -0.15) is 17.6 Å². The lowest BCUT2D eigenvalue weighted by Crippen LogP contribution is -2.41. The van der Waals surface area contributed by atoms with E-state index in [9.17, 15) is 13.2 Å². The highest BCUT2D eigenvalue weighted by atomic mass is 19.3. The van der Waals surface area contributed by atoms with Crippen LogP contribution in [0.15, 0.2) is 49.1 Å². The number of rotatable bonds is 8.